The van der Waals surface area contributed by atoms with Crippen LogP contribution in [0, 0.1) is 0 Å². The number of halogens is 2. The van der Waals surface area contributed by atoms with Gasteiger partial charge in [-0.25, -0.2) is 4.98 Å². The Morgan fingerprint density at radius 2 is 1.80 bits per heavy atom. The molecule has 35 heavy (non-hydrogen) atoms. The lowest BCUT2D eigenvalue weighted by Gasteiger charge is -2.27. The molecule has 0 aliphatic carbocycles. The van der Waals surface area contributed by atoms with Gasteiger partial charge in [-0.15, -0.1) is 12.4 Å². The van der Waals surface area contributed by atoms with E-state index in [1.807, 2.05) is 18.2 Å². The number of ketones is 1. The lowest BCUT2D eigenvalue weighted by Crippen LogP contribution is -2.43. The molecule has 0 saturated heterocycles. The minimum Gasteiger partial charge on any atom is -0.350 e. The van der Waals surface area contributed by atoms with E-state index in [9.17, 15) is 14.4 Å². The van der Waals surface area contributed by atoms with Crippen molar-refractivity contribution in [1.29, 1.82) is 0 Å². The molecule has 5 rings (SSSR count). The predicted octanol–water partition coefficient (Wildman–Crippen LogP) is 4.74. The molecule has 1 atom stereocenters. The SMILES string of the molecule is Cl.O=C1C(=O)N(C(C(=O)NCc2cccc(Cl)c2)c2ccc(-c3cnc[nH]3)cc2)c2ccccc21. The van der Waals surface area contributed by atoms with E-state index in [4.69, 9.17) is 11.6 Å². The third-order valence-electron chi connectivity index (χ3n) is 5.72. The van der Waals surface area contributed by atoms with Gasteiger partial charge >= 0.3 is 0 Å². The van der Waals surface area contributed by atoms with E-state index in [0.717, 1.165) is 16.8 Å². The monoisotopic (exact) mass is 506 g/mol. The molecule has 1 unspecified atom stereocenters. The number of anilines is 1. The molecule has 0 bridgehead atoms. The highest BCUT2D eigenvalue weighted by Crippen LogP contribution is 2.36. The maximum absolute atomic E-state index is 13.5. The number of rotatable bonds is 6. The summed E-state index contributed by atoms with van der Waals surface area (Å²) in [6.07, 6.45) is 3.28. The second-order valence-electron chi connectivity index (χ2n) is 7.86. The number of fused-ring (bicyclic) bond motifs is 1. The predicted molar refractivity (Wildman–Crippen MR) is 136 cm³/mol. The molecule has 9 heteroatoms. The standard InChI is InChI=1S/C26H19ClN4O3.ClH/c27-19-5-3-4-16(12-19)13-29-25(33)23(18-10-8-17(9-11-18)21-14-28-15-30-21)31-22-7-2-1-6-20(22)24(32)26(31)34;/h1-12,14-15,23H,13H2,(H,28,30)(H,29,33);1H. The number of benzene rings is 3. The number of hydrogen-bond donors (Lipinski definition) is 2. The average Bonchev–Trinajstić information content (AvgIpc) is 3.48. The number of amides is 2. The Morgan fingerprint density at radius 1 is 1.03 bits per heavy atom. The second kappa shape index (κ2) is 10.1. The van der Waals surface area contributed by atoms with E-state index >= 15 is 0 Å². The number of carbonyl (C=O) groups is 3. The van der Waals surface area contributed by atoms with Crippen molar-refractivity contribution in [3.8, 4) is 11.3 Å². The normalized spacial score (nSPS) is 13.2. The average molecular weight is 507 g/mol. The molecule has 4 aromatic rings. The van der Waals surface area contributed by atoms with Crippen LogP contribution in [0.4, 0.5) is 5.69 Å². The molecule has 1 aromatic heterocycles. The van der Waals surface area contributed by atoms with Crippen molar-refractivity contribution in [3.05, 3.63) is 107 Å². The Balaban J connectivity index is 0.00000289. The summed E-state index contributed by atoms with van der Waals surface area (Å²) in [4.78, 5) is 47.5. The zero-order valence-corrected chi connectivity index (χ0v) is 19.8. The van der Waals surface area contributed by atoms with Crippen LogP contribution in [-0.4, -0.2) is 27.6 Å². The Labute approximate surface area is 212 Å². The van der Waals surface area contributed by atoms with Gasteiger partial charge in [0.25, 0.3) is 11.7 Å². The topological polar surface area (TPSA) is 95.2 Å². The van der Waals surface area contributed by atoms with Crippen LogP contribution in [0.5, 0.6) is 0 Å². The van der Waals surface area contributed by atoms with Crippen molar-refractivity contribution >= 4 is 47.3 Å². The molecule has 7 nitrogen and oxygen atoms in total. The summed E-state index contributed by atoms with van der Waals surface area (Å²) < 4.78 is 0. The van der Waals surface area contributed by atoms with Crippen LogP contribution in [0.3, 0.4) is 0 Å². The number of imidazole rings is 1. The summed E-state index contributed by atoms with van der Waals surface area (Å²) in [5.41, 5.74) is 3.80. The van der Waals surface area contributed by atoms with Crippen LogP contribution < -0.4 is 10.2 Å². The van der Waals surface area contributed by atoms with Gasteiger partial charge in [-0.05, 0) is 41.0 Å². The summed E-state index contributed by atoms with van der Waals surface area (Å²) in [5.74, 6) is -1.77. The highest BCUT2D eigenvalue weighted by Gasteiger charge is 2.43. The van der Waals surface area contributed by atoms with Gasteiger partial charge in [-0.1, -0.05) is 60.1 Å². The van der Waals surface area contributed by atoms with E-state index in [2.05, 4.69) is 15.3 Å². The molecule has 0 saturated carbocycles. The molecule has 3 aromatic carbocycles. The van der Waals surface area contributed by atoms with Crippen molar-refractivity contribution in [2.45, 2.75) is 12.6 Å². The fourth-order valence-electron chi connectivity index (χ4n) is 4.08. The molecule has 2 heterocycles. The van der Waals surface area contributed by atoms with Crippen LogP contribution in [0.2, 0.25) is 5.02 Å². The summed E-state index contributed by atoms with van der Waals surface area (Å²) >= 11 is 6.06. The first-order valence-corrected chi connectivity index (χ1v) is 11.0. The Kier molecular flexibility index (Phi) is 7.00. The number of carbonyl (C=O) groups excluding carboxylic acids is 3. The Hall–Kier alpha value is -3.94. The zero-order valence-electron chi connectivity index (χ0n) is 18.3. The number of nitrogens with zero attached hydrogens (tertiary/aromatic N) is 2. The van der Waals surface area contributed by atoms with Crippen molar-refractivity contribution in [2.75, 3.05) is 4.90 Å². The summed E-state index contributed by atoms with van der Waals surface area (Å²) in [6.45, 7) is 0.222. The van der Waals surface area contributed by atoms with E-state index in [0.29, 0.717) is 16.3 Å². The van der Waals surface area contributed by atoms with Gasteiger partial charge < -0.3 is 10.3 Å². The van der Waals surface area contributed by atoms with Crippen LogP contribution in [0.25, 0.3) is 11.3 Å². The van der Waals surface area contributed by atoms with Gasteiger partial charge in [0.1, 0.15) is 6.04 Å². The molecule has 0 radical (unpaired) electrons. The number of Topliss-reactive ketones (excluding diaryl/α,β-unsaturated/α-hetero) is 1. The quantitative estimate of drug-likeness (QED) is 0.369. The van der Waals surface area contributed by atoms with Gasteiger partial charge in [-0.2, -0.15) is 0 Å². The van der Waals surface area contributed by atoms with Gasteiger partial charge in [-0.3, -0.25) is 19.3 Å². The van der Waals surface area contributed by atoms with Crippen LogP contribution in [-0.2, 0) is 16.1 Å². The van der Waals surface area contributed by atoms with Crippen molar-refractivity contribution in [3.63, 3.8) is 0 Å². The first-order valence-electron chi connectivity index (χ1n) is 10.6. The molecule has 0 spiro atoms. The number of para-hydroxylation sites is 1. The highest BCUT2D eigenvalue weighted by molar-refractivity contribution is 6.52. The summed E-state index contributed by atoms with van der Waals surface area (Å²) in [6, 6.07) is 20.1. The fourth-order valence-corrected chi connectivity index (χ4v) is 4.29. The van der Waals surface area contributed by atoms with Crippen molar-refractivity contribution < 1.29 is 14.4 Å². The molecule has 176 valence electrons. The van der Waals surface area contributed by atoms with E-state index in [1.54, 1.807) is 67.1 Å². The molecule has 2 amide bonds. The molecule has 0 fully saturated rings. The van der Waals surface area contributed by atoms with Crippen LogP contribution in [0.1, 0.15) is 27.5 Å². The van der Waals surface area contributed by atoms with Crippen LogP contribution >= 0.6 is 24.0 Å². The summed E-state index contributed by atoms with van der Waals surface area (Å²) in [5, 5.41) is 3.45. The van der Waals surface area contributed by atoms with E-state index in [1.165, 1.54) is 4.90 Å². The molecular formula is C26H20Cl2N4O3. The van der Waals surface area contributed by atoms with Gasteiger partial charge in [0.05, 0.1) is 29.5 Å². The van der Waals surface area contributed by atoms with E-state index in [-0.39, 0.29) is 24.5 Å². The Morgan fingerprint density at radius 3 is 2.51 bits per heavy atom. The van der Waals surface area contributed by atoms with Gasteiger partial charge in [0.2, 0.25) is 5.91 Å². The maximum atomic E-state index is 13.5. The number of nitrogens with one attached hydrogen (secondary N) is 2. The number of hydrogen-bond acceptors (Lipinski definition) is 4. The lowest BCUT2D eigenvalue weighted by atomic mass is 10.0. The first-order chi connectivity index (χ1) is 16.5. The minimum absolute atomic E-state index is 0. The van der Waals surface area contributed by atoms with Crippen LogP contribution in [0.15, 0.2) is 85.3 Å². The number of aromatic amines is 1. The Bertz CT molecular complexity index is 1390. The van der Waals surface area contributed by atoms with Crippen molar-refractivity contribution in [2.24, 2.45) is 0 Å². The largest absolute Gasteiger partial charge is 0.350 e. The highest BCUT2D eigenvalue weighted by atomic mass is 35.5. The lowest BCUT2D eigenvalue weighted by molar-refractivity contribution is -0.125. The molecule has 2 N–H and O–H groups in total. The fraction of sp³-hybridized carbons (Fsp3) is 0.0769. The first kappa shape index (κ1) is 24.2. The molecule has 1 aliphatic heterocycles. The minimum atomic E-state index is -1.03. The second-order valence-corrected chi connectivity index (χ2v) is 8.30. The molecule has 1 aliphatic rings. The number of H-pyrrole nitrogens is 1. The number of aromatic nitrogens is 2. The smallest absolute Gasteiger partial charge is 0.300 e. The molecular weight excluding hydrogens is 487 g/mol. The summed E-state index contributed by atoms with van der Waals surface area (Å²) in [7, 11) is 0. The third-order valence-corrected chi connectivity index (χ3v) is 5.95. The van der Waals surface area contributed by atoms with Gasteiger partial charge in [0.15, 0.2) is 0 Å². The maximum Gasteiger partial charge on any atom is 0.300 e. The zero-order chi connectivity index (χ0) is 23.7. The van der Waals surface area contributed by atoms with Crippen molar-refractivity contribution in [1.82, 2.24) is 15.3 Å². The van der Waals surface area contributed by atoms with Gasteiger partial charge in [0, 0.05) is 11.6 Å². The third kappa shape index (κ3) is 4.69. The van der Waals surface area contributed by atoms with E-state index < -0.39 is 23.6 Å².